The van der Waals surface area contributed by atoms with Crippen LogP contribution in [0.5, 0.6) is 0 Å². The highest BCUT2D eigenvalue weighted by molar-refractivity contribution is 5.84. The van der Waals surface area contributed by atoms with E-state index in [9.17, 15) is 4.79 Å². The molecular formula is C22H25N3O. The average Bonchev–Trinajstić information content (AvgIpc) is 3.12. The van der Waals surface area contributed by atoms with E-state index in [-0.39, 0.29) is 18.4 Å². The highest BCUT2D eigenvalue weighted by Crippen LogP contribution is 2.31. The quantitative estimate of drug-likeness (QED) is 0.774. The fourth-order valence-corrected chi connectivity index (χ4v) is 3.54. The molecule has 1 aliphatic heterocycles. The number of nitrogens with zero attached hydrogens (tertiary/aromatic N) is 1. The molecule has 0 saturated heterocycles. The number of anilines is 1. The molecule has 4 heteroatoms. The Labute approximate surface area is 155 Å². The molecule has 1 heterocycles. The second kappa shape index (κ2) is 8.05. The predicted octanol–water partition coefficient (Wildman–Crippen LogP) is 4.09. The largest absolute Gasteiger partial charge is 0.384 e. The third-order valence-corrected chi connectivity index (χ3v) is 4.80. The van der Waals surface area contributed by atoms with Gasteiger partial charge in [-0.1, -0.05) is 44.2 Å². The average molecular weight is 347 g/mol. The van der Waals surface area contributed by atoms with Gasteiger partial charge in [-0.15, -0.1) is 0 Å². The molecule has 1 aliphatic rings. The second-order valence-corrected chi connectivity index (χ2v) is 7.23. The van der Waals surface area contributed by atoms with Crippen LogP contribution in [0, 0.1) is 17.2 Å². The van der Waals surface area contributed by atoms with E-state index in [4.69, 9.17) is 5.26 Å². The van der Waals surface area contributed by atoms with E-state index in [2.05, 4.69) is 54.8 Å². The highest BCUT2D eigenvalue weighted by atomic mass is 16.1. The first kappa shape index (κ1) is 18.0. The van der Waals surface area contributed by atoms with Gasteiger partial charge in [0.1, 0.15) is 6.54 Å². The molecule has 1 amide bonds. The molecule has 1 atom stereocenters. The molecule has 0 bridgehead atoms. The molecule has 1 unspecified atom stereocenters. The summed E-state index contributed by atoms with van der Waals surface area (Å²) in [5.41, 5.74) is 5.87. The van der Waals surface area contributed by atoms with Gasteiger partial charge < -0.3 is 10.6 Å². The molecule has 2 aromatic carbocycles. The van der Waals surface area contributed by atoms with Gasteiger partial charge in [0.2, 0.25) is 5.91 Å². The van der Waals surface area contributed by atoms with Crippen LogP contribution in [0.2, 0.25) is 0 Å². The Balaban J connectivity index is 1.90. The second-order valence-electron chi connectivity index (χ2n) is 7.23. The minimum absolute atomic E-state index is 0.0466. The zero-order chi connectivity index (χ0) is 18.5. The number of hydrogen-bond acceptors (Lipinski definition) is 3. The van der Waals surface area contributed by atoms with E-state index in [0.717, 1.165) is 30.5 Å². The molecule has 0 spiro atoms. The summed E-state index contributed by atoms with van der Waals surface area (Å²) in [4.78, 5) is 12.6. The maximum absolute atomic E-state index is 12.6. The zero-order valence-corrected chi connectivity index (χ0v) is 15.4. The first-order chi connectivity index (χ1) is 12.6. The summed E-state index contributed by atoms with van der Waals surface area (Å²) in [5, 5.41) is 14.9. The smallest absolute Gasteiger partial charge is 0.228 e. The van der Waals surface area contributed by atoms with Crippen molar-refractivity contribution in [3.8, 4) is 17.2 Å². The van der Waals surface area contributed by atoms with Crippen molar-refractivity contribution >= 4 is 11.6 Å². The van der Waals surface area contributed by atoms with E-state index in [1.54, 1.807) is 0 Å². The Morgan fingerprint density at radius 3 is 2.81 bits per heavy atom. The van der Waals surface area contributed by atoms with Gasteiger partial charge >= 0.3 is 0 Å². The molecule has 2 aromatic rings. The van der Waals surface area contributed by atoms with Gasteiger partial charge in [-0.3, -0.25) is 4.79 Å². The van der Waals surface area contributed by atoms with Crippen LogP contribution in [0.25, 0.3) is 11.1 Å². The van der Waals surface area contributed by atoms with Gasteiger partial charge in [0.15, 0.2) is 0 Å². The molecule has 0 radical (unpaired) electrons. The molecule has 4 nitrogen and oxygen atoms in total. The van der Waals surface area contributed by atoms with Crippen LogP contribution < -0.4 is 10.6 Å². The van der Waals surface area contributed by atoms with Crippen LogP contribution in [0.15, 0.2) is 42.5 Å². The van der Waals surface area contributed by atoms with E-state index in [1.165, 1.54) is 16.8 Å². The van der Waals surface area contributed by atoms with Crippen molar-refractivity contribution in [1.82, 2.24) is 5.32 Å². The predicted molar refractivity (Wildman–Crippen MR) is 105 cm³/mol. The summed E-state index contributed by atoms with van der Waals surface area (Å²) in [6, 6.07) is 16.7. The van der Waals surface area contributed by atoms with E-state index in [1.807, 2.05) is 18.2 Å². The summed E-state index contributed by atoms with van der Waals surface area (Å²) in [6.45, 7) is 5.27. The third-order valence-electron chi connectivity index (χ3n) is 4.80. The van der Waals surface area contributed by atoms with Crippen LogP contribution in [-0.2, 0) is 11.2 Å². The minimum atomic E-state index is -0.237. The normalized spacial score (nSPS) is 13.6. The fourth-order valence-electron chi connectivity index (χ4n) is 3.54. The summed E-state index contributed by atoms with van der Waals surface area (Å²) < 4.78 is 0. The van der Waals surface area contributed by atoms with Crippen LogP contribution in [0.4, 0.5) is 5.69 Å². The number of nitrogens with one attached hydrogen (secondary N) is 2. The first-order valence-electron chi connectivity index (χ1n) is 9.20. The van der Waals surface area contributed by atoms with Crippen molar-refractivity contribution < 1.29 is 4.79 Å². The molecule has 0 aliphatic carbocycles. The lowest BCUT2D eigenvalue weighted by Gasteiger charge is -2.19. The molecule has 0 saturated carbocycles. The van der Waals surface area contributed by atoms with Gasteiger partial charge in [0.05, 0.1) is 12.0 Å². The maximum Gasteiger partial charge on any atom is 0.228 e. The monoisotopic (exact) mass is 347 g/mol. The van der Waals surface area contributed by atoms with Crippen LogP contribution >= 0.6 is 0 Å². The van der Waals surface area contributed by atoms with E-state index < -0.39 is 0 Å². The Morgan fingerprint density at radius 1 is 1.23 bits per heavy atom. The number of rotatable bonds is 6. The Bertz CT molecular complexity index is 836. The fraction of sp³-hybridized carbons (Fsp3) is 0.364. The van der Waals surface area contributed by atoms with Crippen LogP contribution in [-0.4, -0.2) is 19.0 Å². The number of hydrogen-bond donors (Lipinski definition) is 2. The van der Waals surface area contributed by atoms with Gasteiger partial charge in [-0.2, -0.15) is 5.26 Å². The zero-order valence-electron chi connectivity index (χ0n) is 15.4. The topological polar surface area (TPSA) is 64.9 Å². The first-order valence-corrected chi connectivity index (χ1v) is 9.20. The molecule has 3 rings (SSSR count). The highest BCUT2D eigenvalue weighted by Gasteiger charge is 2.22. The molecule has 2 N–H and O–H groups in total. The molecule has 0 aromatic heterocycles. The maximum atomic E-state index is 12.6. The lowest BCUT2D eigenvalue weighted by molar-refractivity contribution is -0.122. The summed E-state index contributed by atoms with van der Waals surface area (Å²) in [7, 11) is 0. The van der Waals surface area contributed by atoms with Crippen molar-refractivity contribution in [2.75, 3.05) is 18.4 Å². The summed E-state index contributed by atoms with van der Waals surface area (Å²) >= 11 is 0. The number of fused-ring (bicyclic) bond motifs is 1. The molecule has 134 valence electrons. The van der Waals surface area contributed by atoms with Gasteiger partial charge in [0.25, 0.3) is 0 Å². The van der Waals surface area contributed by atoms with E-state index in [0.29, 0.717) is 5.92 Å². The van der Waals surface area contributed by atoms with Crippen LogP contribution in [0.3, 0.4) is 0 Å². The Hall–Kier alpha value is -2.80. The van der Waals surface area contributed by atoms with Gasteiger partial charge in [0, 0.05) is 12.2 Å². The lowest BCUT2D eigenvalue weighted by Crippen LogP contribution is -2.30. The SMILES string of the molecule is CC(C)CC(C(=O)NCC#N)c1cccc(-c2ccc3c(c2)CCN3)c1. The molecule has 0 fully saturated rings. The number of amides is 1. The lowest BCUT2D eigenvalue weighted by atomic mass is 9.87. The Morgan fingerprint density at radius 2 is 2.04 bits per heavy atom. The number of benzene rings is 2. The van der Waals surface area contributed by atoms with Gasteiger partial charge in [-0.05, 0) is 53.1 Å². The van der Waals surface area contributed by atoms with Crippen molar-refractivity contribution in [2.45, 2.75) is 32.6 Å². The van der Waals surface area contributed by atoms with E-state index >= 15 is 0 Å². The van der Waals surface area contributed by atoms with Crippen molar-refractivity contribution in [3.63, 3.8) is 0 Å². The standard InChI is InChI=1S/C22H25N3O/c1-15(2)12-20(22(26)25-11-9-23)18-5-3-4-16(13-18)17-6-7-21-19(14-17)8-10-24-21/h3-7,13-15,20,24H,8,10-12H2,1-2H3,(H,25,26). The summed E-state index contributed by atoms with van der Waals surface area (Å²) in [6.07, 6.45) is 1.81. The number of nitriles is 1. The van der Waals surface area contributed by atoms with Crippen molar-refractivity contribution in [3.05, 3.63) is 53.6 Å². The Kier molecular flexibility index (Phi) is 5.58. The summed E-state index contributed by atoms with van der Waals surface area (Å²) in [5.74, 6) is 0.0810. The van der Waals surface area contributed by atoms with Crippen molar-refractivity contribution in [2.24, 2.45) is 5.92 Å². The number of carbonyl (C=O) groups excluding carboxylic acids is 1. The minimum Gasteiger partial charge on any atom is -0.384 e. The van der Waals surface area contributed by atoms with Crippen molar-refractivity contribution in [1.29, 1.82) is 5.26 Å². The molecule has 26 heavy (non-hydrogen) atoms. The third kappa shape index (κ3) is 4.05. The molecular weight excluding hydrogens is 322 g/mol. The van der Waals surface area contributed by atoms with Gasteiger partial charge in [-0.25, -0.2) is 0 Å². The van der Waals surface area contributed by atoms with Crippen LogP contribution in [0.1, 0.15) is 37.3 Å². The number of carbonyl (C=O) groups is 1.